The van der Waals surface area contributed by atoms with Gasteiger partial charge in [-0.05, 0) is 19.3 Å². The Kier molecular flexibility index (Phi) is 65.1. The van der Waals surface area contributed by atoms with Gasteiger partial charge in [0.25, 0.3) is 0 Å². The van der Waals surface area contributed by atoms with Crippen LogP contribution in [0.2, 0.25) is 0 Å². The molecule has 0 aliphatic carbocycles. The molecule has 0 spiro atoms. The van der Waals surface area contributed by atoms with Crippen LogP contribution < -0.4 is 5.32 Å². The first-order valence-electron chi connectivity index (χ1n) is 37.6. The highest BCUT2D eigenvalue weighted by atomic mass is 31.2. The average Bonchev–Trinajstić information content (AvgIpc) is 3.49. The number of nitrogens with zero attached hydrogens (tertiary/aromatic N) is 1. The van der Waals surface area contributed by atoms with Crippen LogP contribution in [0, 0.1) is 0 Å². The molecule has 83 heavy (non-hydrogen) atoms. The van der Waals surface area contributed by atoms with Gasteiger partial charge in [0, 0.05) is 6.42 Å². The molecule has 0 aliphatic rings. The number of amides is 1. The molecule has 9 heteroatoms. The first-order valence-corrected chi connectivity index (χ1v) is 39.1. The smallest absolute Gasteiger partial charge is 0.387 e. The van der Waals surface area contributed by atoms with Gasteiger partial charge in [-0.25, -0.2) is 4.57 Å². The number of unbranched alkanes of at least 4 members (excludes halogenated alkanes) is 58. The van der Waals surface area contributed by atoms with Crippen molar-refractivity contribution in [2.24, 2.45) is 0 Å². The number of hydrogen-bond donors (Lipinski definition) is 3. The van der Waals surface area contributed by atoms with E-state index >= 15 is 0 Å². The molecule has 0 aromatic carbocycles. The Bertz CT molecular complexity index is 1360. The molecule has 0 aromatic rings. The van der Waals surface area contributed by atoms with Crippen LogP contribution in [0.15, 0.2) is 12.2 Å². The van der Waals surface area contributed by atoms with Crippen LogP contribution in [0.25, 0.3) is 0 Å². The fourth-order valence-corrected chi connectivity index (χ4v) is 12.7. The number of aliphatic hydroxyl groups excluding tert-OH is 1. The SMILES string of the molecule is CCCCCCCCCCCCCCCCCCCCCCCCCCCCC/C=C/C(O)C(COP(=O)(O)OCC[N+](C)(C)C)NC(=O)CCCCCCCCCCCCCCCCCCCCCCCCCCCCCCCCCC. The monoisotopic (exact) mass is 1190 g/mol. The third-order valence-corrected chi connectivity index (χ3v) is 18.7. The summed E-state index contributed by atoms with van der Waals surface area (Å²) >= 11 is 0. The molecular weight excluding hydrogens is 1040 g/mol. The molecule has 3 N–H and O–H groups in total. The van der Waals surface area contributed by atoms with E-state index in [-0.39, 0.29) is 19.1 Å². The van der Waals surface area contributed by atoms with Crippen molar-refractivity contribution in [3.8, 4) is 0 Å². The number of allylic oxidation sites excluding steroid dienone is 1. The van der Waals surface area contributed by atoms with E-state index in [4.69, 9.17) is 9.05 Å². The molecule has 0 fully saturated rings. The van der Waals surface area contributed by atoms with Crippen molar-refractivity contribution in [2.45, 2.75) is 418 Å². The maximum absolute atomic E-state index is 13.1. The molecule has 0 saturated heterocycles. The summed E-state index contributed by atoms with van der Waals surface area (Å²) in [4.78, 5) is 23.5. The standard InChI is InChI=1S/C74H149N2O6P/c1-6-8-10-12-14-16-18-20-22-24-26-28-30-32-34-36-37-38-40-42-44-46-48-50-52-54-56-58-60-62-64-66-68-74(78)75-72(71-82-83(79,80)81-70-69-76(3,4)5)73(77)67-65-63-61-59-57-55-53-51-49-47-45-43-41-39-35-33-31-29-27-25-23-21-19-17-15-13-11-9-7-2/h65,67,72-73,77H,6-64,66,68-71H2,1-5H3,(H-,75,78,79,80)/p+1/b67-65+. The lowest BCUT2D eigenvalue weighted by Crippen LogP contribution is -2.45. The molecule has 0 heterocycles. The Morgan fingerprint density at radius 1 is 0.398 bits per heavy atom. The first kappa shape index (κ1) is 82.2. The fourth-order valence-electron chi connectivity index (χ4n) is 11.9. The van der Waals surface area contributed by atoms with E-state index in [0.29, 0.717) is 17.4 Å². The summed E-state index contributed by atoms with van der Waals surface area (Å²) in [6.07, 6.45) is 85.3. The van der Waals surface area contributed by atoms with Crippen LogP contribution in [0.5, 0.6) is 0 Å². The zero-order valence-corrected chi connectivity index (χ0v) is 57.9. The summed E-state index contributed by atoms with van der Waals surface area (Å²) in [5.41, 5.74) is 0. The number of carbonyl (C=O) groups is 1. The highest BCUT2D eigenvalue weighted by Gasteiger charge is 2.28. The summed E-state index contributed by atoms with van der Waals surface area (Å²) in [5, 5.41) is 14.0. The largest absolute Gasteiger partial charge is 0.472 e. The molecule has 0 radical (unpaired) electrons. The number of nitrogens with one attached hydrogen (secondary N) is 1. The van der Waals surface area contributed by atoms with Crippen LogP contribution in [-0.4, -0.2) is 73.4 Å². The highest BCUT2D eigenvalue weighted by Crippen LogP contribution is 2.43. The van der Waals surface area contributed by atoms with E-state index in [0.717, 1.165) is 32.1 Å². The van der Waals surface area contributed by atoms with Crippen molar-refractivity contribution < 1.29 is 32.9 Å². The molecule has 496 valence electrons. The summed E-state index contributed by atoms with van der Waals surface area (Å²) in [5.74, 6) is -0.166. The molecule has 0 aromatic heterocycles. The quantitative estimate of drug-likeness (QED) is 0.0243. The molecule has 0 bridgehead atoms. The van der Waals surface area contributed by atoms with Gasteiger partial charge in [0.15, 0.2) is 0 Å². The average molecular weight is 1190 g/mol. The second kappa shape index (κ2) is 65.7. The molecule has 0 saturated carbocycles. The summed E-state index contributed by atoms with van der Waals surface area (Å²) < 4.78 is 23.9. The van der Waals surface area contributed by atoms with E-state index in [1.807, 2.05) is 27.2 Å². The molecule has 3 atom stereocenters. The fraction of sp³-hybridized carbons (Fsp3) is 0.959. The number of rotatable bonds is 71. The maximum atomic E-state index is 13.1. The normalized spacial score (nSPS) is 13.6. The van der Waals surface area contributed by atoms with E-state index in [1.54, 1.807) is 6.08 Å². The number of carbonyl (C=O) groups excluding carboxylic acids is 1. The molecule has 0 aliphatic heterocycles. The van der Waals surface area contributed by atoms with E-state index < -0.39 is 20.0 Å². The van der Waals surface area contributed by atoms with Crippen molar-refractivity contribution in [3.05, 3.63) is 12.2 Å². The van der Waals surface area contributed by atoms with Gasteiger partial charge in [0.2, 0.25) is 5.91 Å². The van der Waals surface area contributed by atoms with Gasteiger partial charge in [-0.1, -0.05) is 392 Å². The molecule has 8 nitrogen and oxygen atoms in total. The van der Waals surface area contributed by atoms with E-state index in [2.05, 4.69) is 19.2 Å². The van der Waals surface area contributed by atoms with Crippen molar-refractivity contribution in [1.82, 2.24) is 5.32 Å². The predicted octanol–water partition coefficient (Wildman–Crippen LogP) is 24.1. The number of phosphoric acid groups is 1. The van der Waals surface area contributed by atoms with Gasteiger partial charge >= 0.3 is 7.82 Å². The van der Waals surface area contributed by atoms with Crippen molar-refractivity contribution >= 4 is 13.7 Å². The zero-order valence-electron chi connectivity index (χ0n) is 57.0. The van der Waals surface area contributed by atoms with Crippen LogP contribution in [-0.2, 0) is 18.4 Å². The van der Waals surface area contributed by atoms with Gasteiger partial charge in [0.05, 0.1) is 39.9 Å². The maximum Gasteiger partial charge on any atom is 0.472 e. The van der Waals surface area contributed by atoms with Gasteiger partial charge in [-0.3, -0.25) is 13.8 Å². The van der Waals surface area contributed by atoms with Crippen LogP contribution in [0.3, 0.4) is 0 Å². The third kappa shape index (κ3) is 68.6. The number of hydrogen-bond acceptors (Lipinski definition) is 5. The number of quaternary nitrogens is 1. The second-order valence-corrected chi connectivity index (χ2v) is 28.8. The summed E-state index contributed by atoms with van der Waals surface area (Å²) in [6.45, 7) is 4.90. The topological polar surface area (TPSA) is 105 Å². The van der Waals surface area contributed by atoms with Crippen LogP contribution in [0.4, 0.5) is 0 Å². The lowest BCUT2D eigenvalue weighted by Gasteiger charge is -2.25. The van der Waals surface area contributed by atoms with Gasteiger partial charge in [-0.2, -0.15) is 0 Å². The predicted molar refractivity (Wildman–Crippen MR) is 365 cm³/mol. The minimum atomic E-state index is -4.35. The number of aliphatic hydroxyl groups is 1. The van der Waals surface area contributed by atoms with E-state index in [9.17, 15) is 19.4 Å². The minimum Gasteiger partial charge on any atom is -0.387 e. The van der Waals surface area contributed by atoms with E-state index in [1.165, 1.54) is 353 Å². The Hall–Kier alpha value is -0.760. The molecular formula is C74H150N2O6P+. The molecule has 0 rings (SSSR count). The number of phosphoric ester groups is 1. The first-order chi connectivity index (χ1) is 40.5. The highest BCUT2D eigenvalue weighted by molar-refractivity contribution is 7.47. The van der Waals surface area contributed by atoms with Crippen molar-refractivity contribution in [3.63, 3.8) is 0 Å². The number of likely N-dealkylation sites (N-methyl/N-ethyl adjacent to an activating group) is 1. The van der Waals surface area contributed by atoms with Crippen LogP contribution in [0.1, 0.15) is 406 Å². The lowest BCUT2D eigenvalue weighted by atomic mass is 10.0. The van der Waals surface area contributed by atoms with Gasteiger partial charge in [-0.15, -0.1) is 0 Å². The summed E-state index contributed by atoms with van der Waals surface area (Å²) in [6, 6.07) is -0.844. The minimum absolute atomic E-state index is 0.0656. The lowest BCUT2D eigenvalue weighted by molar-refractivity contribution is -0.870. The Labute approximate surface area is 520 Å². The zero-order chi connectivity index (χ0) is 60.5. The Morgan fingerprint density at radius 2 is 0.639 bits per heavy atom. The van der Waals surface area contributed by atoms with Crippen molar-refractivity contribution in [2.75, 3.05) is 40.9 Å². The van der Waals surface area contributed by atoms with Crippen molar-refractivity contribution in [1.29, 1.82) is 0 Å². The molecule has 3 unspecified atom stereocenters. The van der Waals surface area contributed by atoms with Gasteiger partial charge in [0.1, 0.15) is 13.2 Å². The second-order valence-electron chi connectivity index (χ2n) is 27.4. The Balaban J connectivity index is 3.98. The third-order valence-electron chi connectivity index (χ3n) is 17.8. The van der Waals surface area contributed by atoms with Crippen LogP contribution >= 0.6 is 7.82 Å². The Morgan fingerprint density at radius 3 is 0.892 bits per heavy atom. The van der Waals surface area contributed by atoms with Gasteiger partial charge < -0.3 is 19.8 Å². The molecule has 1 amide bonds. The summed E-state index contributed by atoms with van der Waals surface area (Å²) in [7, 11) is 1.60.